The maximum Gasteiger partial charge on any atom is 0.340 e. The van der Waals surface area contributed by atoms with Crippen LogP contribution in [0.4, 0.5) is 5.69 Å². The zero-order valence-corrected chi connectivity index (χ0v) is 8.23. The van der Waals surface area contributed by atoms with E-state index >= 15 is 0 Å². The first-order valence-electron chi connectivity index (χ1n) is 3.88. The molecule has 4 heteroatoms. The van der Waals surface area contributed by atoms with Crippen LogP contribution in [-0.2, 0) is 4.74 Å². The molecule has 0 heterocycles. The lowest BCUT2D eigenvalue weighted by Gasteiger charge is -2.01. The Kier molecular flexibility index (Phi) is 5.98. The summed E-state index contributed by atoms with van der Waals surface area (Å²) < 4.78 is 4.55. The molecule has 0 saturated heterocycles. The number of ether oxygens (including phenoxy) is 1. The van der Waals surface area contributed by atoms with Crippen molar-refractivity contribution in [3.63, 3.8) is 0 Å². The van der Waals surface area contributed by atoms with E-state index < -0.39 is 5.97 Å². The summed E-state index contributed by atoms with van der Waals surface area (Å²) in [4.78, 5) is 14.8. The molecule has 0 bridgehead atoms. The van der Waals surface area contributed by atoms with Crippen LogP contribution < -0.4 is 0 Å². The molecule has 4 nitrogen and oxygen atoms in total. The van der Waals surface area contributed by atoms with E-state index in [1.165, 1.54) is 7.11 Å². The molecule has 0 amide bonds. The van der Waals surface area contributed by atoms with Crippen LogP contribution in [0.5, 0.6) is 0 Å². The highest BCUT2D eigenvalue weighted by Gasteiger charge is 2.08. The monoisotopic (exact) mass is 195 g/mol. The topological polar surface area (TPSA) is 58.9 Å². The fraction of sp³-hybridized carbons (Fsp3) is 0.200. The molecule has 0 atom stereocenters. The molecule has 0 aliphatic heterocycles. The van der Waals surface area contributed by atoms with Crippen LogP contribution in [0.25, 0.3) is 0 Å². The molecule has 1 aromatic carbocycles. The third-order valence-corrected chi connectivity index (χ3v) is 1.48. The standard InChI is InChI=1S/C9H9NO2.CH4O/c1-10-8-6-4-3-5-7(8)9(11)12-2;1-2/h3-6H,1H2,2H3;2H,1H3. The average Bonchev–Trinajstić information content (AvgIpc) is 2.30. The van der Waals surface area contributed by atoms with Crippen molar-refractivity contribution in [2.24, 2.45) is 4.99 Å². The van der Waals surface area contributed by atoms with Gasteiger partial charge in [-0.05, 0) is 18.9 Å². The second-order valence-electron chi connectivity index (χ2n) is 2.17. The van der Waals surface area contributed by atoms with Crippen molar-refractivity contribution in [1.29, 1.82) is 0 Å². The van der Waals surface area contributed by atoms with Gasteiger partial charge in [-0.25, -0.2) is 4.79 Å². The third-order valence-electron chi connectivity index (χ3n) is 1.48. The number of nitrogens with zero attached hydrogens (tertiary/aromatic N) is 1. The van der Waals surface area contributed by atoms with Crippen LogP contribution in [0.3, 0.4) is 0 Å². The lowest BCUT2D eigenvalue weighted by Crippen LogP contribution is -2.00. The van der Waals surface area contributed by atoms with Gasteiger partial charge in [-0.3, -0.25) is 4.99 Å². The molecule has 0 aromatic heterocycles. The lowest BCUT2D eigenvalue weighted by molar-refractivity contribution is 0.0602. The lowest BCUT2D eigenvalue weighted by atomic mass is 10.2. The molecule has 76 valence electrons. The first-order chi connectivity index (χ1) is 6.79. The summed E-state index contributed by atoms with van der Waals surface area (Å²) in [6, 6.07) is 6.90. The Morgan fingerprint density at radius 2 is 2.00 bits per heavy atom. The van der Waals surface area contributed by atoms with Crippen molar-refractivity contribution in [3.8, 4) is 0 Å². The van der Waals surface area contributed by atoms with Gasteiger partial charge >= 0.3 is 5.97 Å². The van der Waals surface area contributed by atoms with E-state index in [-0.39, 0.29) is 0 Å². The average molecular weight is 195 g/mol. The van der Waals surface area contributed by atoms with Crippen LogP contribution in [-0.4, -0.2) is 32.0 Å². The van der Waals surface area contributed by atoms with Crippen molar-refractivity contribution >= 4 is 18.4 Å². The van der Waals surface area contributed by atoms with E-state index in [9.17, 15) is 4.79 Å². The molecular formula is C10H13NO3. The summed E-state index contributed by atoms with van der Waals surface area (Å²) >= 11 is 0. The fourth-order valence-corrected chi connectivity index (χ4v) is 0.894. The maximum absolute atomic E-state index is 11.1. The molecule has 0 saturated carbocycles. The van der Waals surface area contributed by atoms with Crippen molar-refractivity contribution in [2.45, 2.75) is 0 Å². The van der Waals surface area contributed by atoms with Gasteiger partial charge in [-0.2, -0.15) is 0 Å². The molecule has 14 heavy (non-hydrogen) atoms. The van der Waals surface area contributed by atoms with Crippen molar-refractivity contribution in [1.82, 2.24) is 0 Å². The van der Waals surface area contributed by atoms with E-state index in [2.05, 4.69) is 16.4 Å². The van der Waals surface area contributed by atoms with Crippen LogP contribution in [0.2, 0.25) is 0 Å². The number of esters is 1. The van der Waals surface area contributed by atoms with Crippen molar-refractivity contribution < 1.29 is 14.6 Å². The van der Waals surface area contributed by atoms with Crippen LogP contribution in [0, 0.1) is 0 Å². The van der Waals surface area contributed by atoms with Gasteiger partial charge in [0.25, 0.3) is 0 Å². The molecule has 0 radical (unpaired) electrons. The number of aliphatic hydroxyl groups excluding tert-OH is 1. The third kappa shape index (κ3) is 2.99. The summed E-state index contributed by atoms with van der Waals surface area (Å²) in [5, 5.41) is 7.00. The first-order valence-corrected chi connectivity index (χ1v) is 3.88. The quantitative estimate of drug-likeness (QED) is 0.573. The molecule has 1 N–H and O–H groups in total. The number of carbonyl (C=O) groups is 1. The Morgan fingerprint density at radius 3 is 2.50 bits per heavy atom. The van der Waals surface area contributed by atoms with Gasteiger partial charge in [-0.15, -0.1) is 0 Å². The zero-order chi connectivity index (χ0) is 11.0. The molecule has 0 fully saturated rings. The second kappa shape index (κ2) is 6.80. The maximum atomic E-state index is 11.1. The predicted octanol–water partition coefficient (Wildman–Crippen LogP) is 1.41. The van der Waals surface area contributed by atoms with Gasteiger partial charge < -0.3 is 9.84 Å². The summed E-state index contributed by atoms with van der Waals surface area (Å²) in [5.74, 6) is -0.391. The number of methoxy groups -OCH3 is 1. The molecule has 1 rings (SSSR count). The fourth-order valence-electron chi connectivity index (χ4n) is 0.894. The summed E-state index contributed by atoms with van der Waals surface area (Å²) in [6.07, 6.45) is 0. The molecule has 0 spiro atoms. The number of hydrogen-bond acceptors (Lipinski definition) is 4. The van der Waals surface area contributed by atoms with E-state index in [1.54, 1.807) is 24.3 Å². The predicted molar refractivity (Wildman–Crippen MR) is 55.1 cm³/mol. The Morgan fingerprint density at radius 1 is 1.43 bits per heavy atom. The highest BCUT2D eigenvalue weighted by molar-refractivity contribution is 5.94. The number of benzene rings is 1. The van der Waals surface area contributed by atoms with E-state index in [0.717, 1.165) is 7.11 Å². The normalized spacial score (nSPS) is 8.21. The molecule has 0 aliphatic rings. The number of carbonyl (C=O) groups excluding carboxylic acids is 1. The number of aliphatic imine (C=N–C) groups is 1. The zero-order valence-electron chi connectivity index (χ0n) is 8.23. The minimum absolute atomic E-state index is 0.391. The van der Waals surface area contributed by atoms with E-state index in [0.29, 0.717) is 11.3 Å². The van der Waals surface area contributed by atoms with Gasteiger partial charge in [0.15, 0.2) is 0 Å². The minimum Gasteiger partial charge on any atom is -0.465 e. The largest absolute Gasteiger partial charge is 0.465 e. The van der Waals surface area contributed by atoms with Gasteiger partial charge in [0.2, 0.25) is 0 Å². The number of aliphatic hydroxyl groups is 1. The SMILES string of the molecule is C=Nc1ccccc1C(=O)OC.CO. The van der Waals surface area contributed by atoms with Crippen LogP contribution in [0.15, 0.2) is 29.3 Å². The molecule has 1 aromatic rings. The van der Waals surface area contributed by atoms with Crippen molar-refractivity contribution in [3.05, 3.63) is 29.8 Å². The molecule has 0 unspecified atom stereocenters. The van der Waals surface area contributed by atoms with Gasteiger partial charge in [0, 0.05) is 7.11 Å². The highest BCUT2D eigenvalue weighted by atomic mass is 16.5. The number of hydrogen-bond donors (Lipinski definition) is 1. The van der Waals surface area contributed by atoms with Crippen LogP contribution >= 0.6 is 0 Å². The Balaban J connectivity index is 0.000000791. The summed E-state index contributed by atoms with van der Waals surface area (Å²) in [6.45, 7) is 3.35. The summed E-state index contributed by atoms with van der Waals surface area (Å²) in [5.41, 5.74) is 0.986. The Hall–Kier alpha value is -1.68. The number of rotatable bonds is 2. The number of para-hydroxylation sites is 1. The second-order valence-corrected chi connectivity index (χ2v) is 2.17. The summed E-state index contributed by atoms with van der Waals surface area (Å²) in [7, 11) is 2.34. The minimum atomic E-state index is -0.391. The Labute approximate surface area is 82.9 Å². The van der Waals surface area contributed by atoms with Gasteiger partial charge in [0.05, 0.1) is 18.4 Å². The van der Waals surface area contributed by atoms with Gasteiger partial charge in [-0.1, -0.05) is 12.1 Å². The highest BCUT2D eigenvalue weighted by Crippen LogP contribution is 2.17. The van der Waals surface area contributed by atoms with Gasteiger partial charge in [0.1, 0.15) is 0 Å². The molecule has 0 aliphatic carbocycles. The van der Waals surface area contributed by atoms with Crippen LogP contribution in [0.1, 0.15) is 10.4 Å². The van der Waals surface area contributed by atoms with E-state index in [4.69, 9.17) is 5.11 Å². The van der Waals surface area contributed by atoms with E-state index in [1.807, 2.05) is 0 Å². The Bertz CT molecular complexity index is 310. The van der Waals surface area contributed by atoms with Crippen molar-refractivity contribution in [2.75, 3.05) is 14.2 Å². The first kappa shape index (κ1) is 12.3. The molecular weight excluding hydrogens is 182 g/mol. The smallest absolute Gasteiger partial charge is 0.340 e.